The number of hydrogen-bond acceptors (Lipinski definition) is 2. The molecule has 1 aliphatic carbocycles. The summed E-state index contributed by atoms with van der Waals surface area (Å²) >= 11 is 0. The van der Waals surface area contributed by atoms with E-state index in [4.69, 9.17) is 4.74 Å². The summed E-state index contributed by atoms with van der Waals surface area (Å²) in [5.41, 5.74) is 1.79. The van der Waals surface area contributed by atoms with E-state index in [1.165, 1.54) is 5.56 Å². The van der Waals surface area contributed by atoms with E-state index in [0.717, 1.165) is 12.0 Å². The minimum Gasteiger partial charge on any atom is -0.465 e. The van der Waals surface area contributed by atoms with Gasteiger partial charge in [0, 0.05) is 5.92 Å². The topological polar surface area (TPSA) is 26.3 Å². The highest BCUT2D eigenvalue weighted by molar-refractivity contribution is 5.89. The Morgan fingerprint density at radius 3 is 2.30 bits per heavy atom. The Morgan fingerprint density at radius 1 is 1.10 bits per heavy atom. The summed E-state index contributed by atoms with van der Waals surface area (Å²) < 4.78 is 5.34. The van der Waals surface area contributed by atoms with Gasteiger partial charge in [-0.1, -0.05) is 60.7 Å². The fourth-order valence-corrected chi connectivity index (χ4v) is 3.01. The Bertz CT molecular complexity index is 591. The maximum absolute atomic E-state index is 12.5. The summed E-state index contributed by atoms with van der Waals surface area (Å²) in [6.45, 7) is 2.28. The van der Waals surface area contributed by atoms with E-state index >= 15 is 0 Å². The van der Waals surface area contributed by atoms with E-state index in [1.807, 2.05) is 55.5 Å². The van der Waals surface area contributed by atoms with E-state index in [-0.39, 0.29) is 11.9 Å². The largest absolute Gasteiger partial charge is 0.465 e. The van der Waals surface area contributed by atoms with Crippen LogP contribution in [0.25, 0.3) is 0 Å². The van der Waals surface area contributed by atoms with Gasteiger partial charge in [0.05, 0.1) is 6.61 Å². The summed E-state index contributed by atoms with van der Waals surface area (Å²) in [4.78, 5) is 12.5. The Hall–Kier alpha value is -2.09. The molecule has 0 heterocycles. The molecule has 2 aromatic rings. The number of benzene rings is 2. The first-order valence-corrected chi connectivity index (χ1v) is 7.06. The van der Waals surface area contributed by atoms with Crippen molar-refractivity contribution in [3.63, 3.8) is 0 Å². The van der Waals surface area contributed by atoms with E-state index < -0.39 is 5.41 Å². The van der Waals surface area contributed by atoms with E-state index in [9.17, 15) is 4.79 Å². The summed E-state index contributed by atoms with van der Waals surface area (Å²) in [6.07, 6.45) is 0.833. The molecule has 20 heavy (non-hydrogen) atoms. The van der Waals surface area contributed by atoms with Gasteiger partial charge in [0.25, 0.3) is 0 Å². The van der Waals surface area contributed by atoms with Crippen molar-refractivity contribution in [3.8, 4) is 0 Å². The van der Waals surface area contributed by atoms with Crippen LogP contribution in [0.15, 0.2) is 60.7 Å². The highest BCUT2D eigenvalue weighted by atomic mass is 16.5. The van der Waals surface area contributed by atoms with Gasteiger partial charge in [-0.05, 0) is 24.5 Å². The number of rotatable bonds is 4. The van der Waals surface area contributed by atoms with Gasteiger partial charge < -0.3 is 4.74 Å². The van der Waals surface area contributed by atoms with Gasteiger partial charge in [-0.3, -0.25) is 4.79 Å². The fraction of sp³-hybridized carbons (Fsp3) is 0.278. The quantitative estimate of drug-likeness (QED) is 0.789. The van der Waals surface area contributed by atoms with Crippen LogP contribution in [-0.4, -0.2) is 12.6 Å². The summed E-state index contributed by atoms with van der Waals surface area (Å²) in [6, 6.07) is 20.2. The van der Waals surface area contributed by atoms with Crippen LogP contribution in [0.4, 0.5) is 0 Å². The molecule has 0 amide bonds. The van der Waals surface area contributed by atoms with E-state index in [2.05, 4.69) is 12.1 Å². The third-order valence-electron chi connectivity index (χ3n) is 4.09. The smallest absolute Gasteiger partial charge is 0.317 e. The molecule has 1 saturated carbocycles. The normalized spacial score (nSPS) is 24.1. The molecule has 102 valence electrons. The molecule has 3 rings (SSSR count). The van der Waals surface area contributed by atoms with Crippen molar-refractivity contribution in [2.75, 3.05) is 6.61 Å². The standard InChI is InChI=1S/C18H18O2/c1-2-20-17(19)18(15-11-7-4-8-12-15)13-16(18)14-9-5-3-6-10-14/h3-12,16H,2,13H2,1H3/t16-,18-/m1/s1. The van der Waals surface area contributed by atoms with Crippen LogP contribution >= 0.6 is 0 Å². The van der Waals surface area contributed by atoms with Crippen LogP contribution in [0.1, 0.15) is 30.4 Å². The second kappa shape index (κ2) is 5.12. The summed E-state index contributed by atoms with van der Waals surface area (Å²) in [7, 11) is 0. The predicted octanol–water partition coefficient (Wildman–Crippen LogP) is 3.68. The van der Waals surface area contributed by atoms with Gasteiger partial charge in [0.1, 0.15) is 5.41 Å². The zero-order valence-corrected chi connectivity index (χ0v) is 11.6. The van der Waals surface area contributed by atoms with Gasteiger partial charge in [0.2, 0.25) is 0 Å². The fourth-order valence-electron chi connectivity index (χ4n) is 3.01. The monoisotopic (exact) mass is 266 g/mol. The first-order valence-electron chi connectivity index (χ1n) is 7.06. The first-order chi connectivity index (χ1) is 9.79. The number of esters is 1. The highest BCUT2D eigenvalue weighted by Crippen LogP contribution is 2.61. The molecule has 2 atom stereocenters. The molecule has 0 aromatic heterocycles. The molecular weight excluding hydrogens is 248 g/mol. The maximum atomic E-state index is 12.5. The Labute approximate surface area is 119 Å². The molecule has 1 fully saturated rings. The SMILES string of the molecule is CCOC(=O)[C@@]1(c2ccccc2)C[C@@H]1c1ccccc1. The number of hydrogen-bond donors (Lipinski definition) is 0. The molecule has 2 heteroatoms. The van der Waals surface area contributed by atoms with E-state index in [1.54, 1.807) is 0 Å². The average Bonchev–Trinajstić information content (AvgIpc) is 3.26. The summed E-state index contributed by atoms with van der Waals surface area (Å²) in [5.74, 6) is 0.130. The molecule has 0 unspecified atom stereocenters. The van der Waals surface area contributed by atoms with Crippen molar-refractivity contribution in [1.29, 1.82) is 0 Å². The lowest BCUT2D eigenvalue weighted by Gasteiger charge is -2.16. The average molecular weight is 266 g/mol. The molecule has 1 aliphatic rings. The van der Waals surface area contributed by atoms with Crippen LogP contribution in [0.5, 0.6) is 0 Å². The lowest BCUT2D eigenvalue weighted by molar-refractivity contribution is -0.146. The zero-order chi connectivity index (χ0) is 14.0. The lowest BCUT2D eigenvalue weighted by atomic mass is 9.91. The van der Waals surface area contributed by atoms with Crippen LogP contribution in [0.3, 0.4) is 0 Å². The molecule has 0 bridgehead atoms. The van der Waals surface area contributed by atoms with Crippen molar-refractivity contribution in [2.45, 2.75) is 24.7 Å². The Morgan fingerprint density at radius 2 is 1.70 bits per heavy atom. The molecule has 0 saturated heterocycles. The number of ether oxygens (including phenoxy) is 1. The minimum absolute atomic E-state index is 0.0972. The molecule has 2 aromatic carbocycles. The maximum Gasteiger partial charge on any atom is 0.317 e. The predicted molar refractivity (Wildman–Crippen MR) is 78.6 cm³/mol. The first kappa shape index (κ1) is 12.9. The van der Waals surface area contributed by atoms with Crippen molar-refractivity contribution < 1.29 is 9.53 Å². The lowest BCUT2D eigenvalue weighted by Crippen LogP contribution is -2.25. The third kappa shape index (κ3) is 2.01. The van der Waals surface area contributed by atoms with Gasteiger partial charge in [-0.2, -0.15) is 0 Å². The van der Waals surface area contributed by atoms with Crippen molar-refractivity contribution in [1.82, 2.24) is 0 Å². The Kier molecular flexibility index (Phi) is 3.31. The Balaban J connectivity index is 1.98. The van der Waals surface area contributed by atoms with Gasteiger partial charge in [0.15, 0.2) is 0 Å². The van der Waals surface area contributed by atoms with Gasteiger partial charge >= 0.3 is 5.97 Å². The van der Waals surface area contributed by atoms with Crippen LogP contribution in [-0.2, 0) is 14.9 Å². The molecule has 0 spiro atoms. The van der Waals surface area contributed by atoms with Crippen molar-refractivity contribution in [2.24, 2.45) is 0 Å². The zero-order valence-electron chi connectivity index (χ0n) is 11.6. The highest BCUT2D eigenvalue weighted by Gasteiger charge is 2.62. The molecule has 0 radical (unpaired) electrons. The van der Waals surface area contributed by atoms with Crippen molar-refractivity contribution >= 4 is 5.97 Å². The number of carbonyl (C=O) groups excluding carboxylic acids is 1. The summed E-state index contributed by atoms with van der Waals surface area (Å²) in [5, 5.41) is 0. The second-order valence-corrected chi connectivity index (χ2v) is 5.23. The minimum atomic E-state index is -0.487. The second-order valence-electron chi connectivity index (χ2n) is 5.23. The third-order valence-corrected chi connectivity index (χ3v) is 4.09. The molecule has 0 aliphatic heterocycles. The van der Waals surface area contributed by atoms with Gasteiger partial charge in [-0.15, -0.1) is 0 Å². The molecular formula is C18H18O2. The van der Waals surface area contributed by atoms with Crippen LogP contribution in [0, 0.1) is 0 Å². The van der Waals surface area contributed by atoms with Crippen LogP contribution < -0.4 is 0 Å². The molecule has 2 nitrogen and oxygen atoms in total. The number of carbonyl (C=O) groups is 1. The van der Waals surface area contributed by atoms with Crippen molar-refractivity contribution in [3.05, 3.63) is 71.8 Å². The van der Waals surface area contributed by atoms with Gasteiger partial charge in [-0.25, -0.2) is 0 Å². The van der Waals surface area contributed by atoms with Crippen LogP contribution in [0.2, 0.25) is 0 Å². The van der Waals surface area contributed by atoms with E-state index in [0.29, 0.717) is 6.61 Å². The molecule has 0 N–H and O–H groups in total.